The Kier molecular flexibility index (Phi) is 3.51. The molecular weight excluding hydrogens is 243 g/mol. The number of halogens is 1. The largest absolute Gasteiger partial charge is 0.396 e. The predicted molar refractivity (Wildman–Crippen MR) is 74.7 cm³/mol. The topological polar surface area (TPSA) is 55.1 Å². The minimum atomic E-state index is -0.543. The van der Waals surface area contributed by atoms with Gasteiger partial charge in [0, 0.05) is 11.3 Å². The molecular formula is C15H15FN2O. The molecule has 0 aliphatic carbocycles. The summed E-state index contributed by atoms with van der Waals surface area (Å²) in [4.78, 5) is 12.1. The van der Waals surface area contributed by atoms with Crippen molar-refractivity contribution in [1.29, 1.82) is 0 Å². The third-order valence-electron chi connectivity index (χ3n) is 2.88. The van der Waals surface area contributed by atoms with Gasteiger partial charge in [0.2, 0.25) is 0 Å². The molecule has 4 heteroatoms. The van der Waals surface area contributed by atoms with Gasteiger partial charge in [0.25, 0.3) is 5.91 Å². The summed E-state index contributed by atoms with van der Waals surface area (Å²) in [5.41, 5.74) is 8.37. The highest BCUT2D eigenvalue weighted by atomic mass is 19.1. The summed E-state index contributed by atoms with van der Waals surface area (Å²) in [6, 6.07) is 9.75. The molecule has 0 saturated heterocycles. The number of carbonyl (C=O) groups is 1. The SMILES string of the molecule is Cc1ccc(C(=O)Nc2ccc(N)c(F)c2)c(C)c1. The summed E-state index contributed by atoms with van der Waals surface area (Å²) in [7, 11) is 0. The number of aryl methyl sites for hydroxylation is 2. The van der Waals surface area contributed by atoms with Crippen molar-refractivity contribution in [3.63, 3.8) is 0 Å². The van der Waals surface area contributed by atoms with E-state index in [-0.39, 0.29) is 11.6 Å². The lowest BCUT2D eigenvalue weighted by molar-refractivity contribution is 0.102. The Bertz CT molecular complexity index is 638. The number of nitrogens with one attached hydrogen (secondary N) is 1. The van der Waals surface area contributed by atoms with Gasteiger partial charge in [0.15, 0.2) is 0 Å². The number of rotatable bonds is 2. The summed E-state index contributed by atoms with van der Waals surface area (Å²) in [6.07, 6.45) is 0. The Labute approximate surface area is 111 Å². The number of nitrogens with two attached hydrogens (primary N) is 1. The van der Waals surface area contributed by atoms with E-state index in [1.165, 1.54) is 12.1 Å². The number of carbonyl (C=O) groups excluding carboxylic acids is 1. The Morgan fingerprint density at radius 2 is 1.89 bits per heavy atom. The zero-order valence-corrected chi connectivity index (χ0v) is 10.8. The fraction of sp³-hybridized carbons (Fsp3) is 0.133. The summed E-state index contributed by atoms with van der Waals surface area (Å²) in [5.74, 6) is -0.805. The van der Waals surface area contributed by atoms with Crippen LogP contribution in [-0.2, 0) is 0 Å². The van der Waals surface area contributed by atoms with Crippen molar-refractivity contribution >= 4 is 17.3 Å². The Morgan fingerprint density at radius 1 is 1.16 bits per heavy atom. The van der Waals surface area contributed by atoms with Gasteiger partial charge in [-0.15, -0.1) is 0 Å². The Morgan fingerprint density at radius 3 is 2.53 bits per heavy atom. The molecule has 0 saturated carbocycles. The summed E-state index contributed by atoms with van der Waals surface area (Å²) < 4.78 is 13.3. The monoisotopic (exact) mass is 258 g/mol. The Hall–Kier alpha value is -2.36. The highest BCUT2D eigenvalue weighted by Crippen LogP contribution is 2.18. The third-order valence-corrected chi connectivity index (χ3v) is 2.88. The second-order valence-corrected chi connectivity index (χ2v) is 4.51. The van der Waals surface area contributed by atoms with Gasteiger partial charge in [-0.25, -0.2) is 4.39 Å². The smallest absolute Gasteiger partial charge is 0.255 e. The van der Waals surface area contributed by atoms with Crippen molar-refractivity contribution in [3.8, 4) is 0 Å². The van der Waals surface area contributed by atoms with E-state index in [4.69, 9.17) is 5.73 Å². The zero-order valence-electron chi connectivity index (χ0n) is 10.8. The summed E-state index contributed by atoms with van der Waals surface area (Å²) in [6.45, 7) is 3.83. The molecule has 0 radical (unpaired) electrons. The number of nitrogen functional groups attached to an aromatic ring is 1. The standard InChI is InChI=1S/C15H15FN2O/c1-9-3-5-12(10(2)7-9)15(19)18-11-4-6-14(17)13(16)8-11/h3-8H,17H2,1-2H3,(H,18,19). The number of hydrogen-bond donors (Lipinski definition) is 2. The molecule has 0 bridgehead atoms. The second kappa shape index (κ2) is 5.10. The van der Waals surface area contributed by atoms with Crippen molar-refractivity contribution < 1.29 is 9.18 Å². The minimum absolute atomic E-state index is 0.0597. The van der Waals surface area contributed by atoms with Crippen molar-refractivity contribution in [2.75, 3.05) is 11.1 Å². The van der Waals surface area contributed by atoms with Gasteiger partial charge in [-0.05, 0) is 43.7 Å². The van der Waals surface area contributed by atoms with Crippen molar-refractivity contribution in [1.82, 2.24) is 0 Å². The van der Waals surface area contributed by atoms with E-state index in [2.05, 4.69) is 5.32 Å². The summed E-state index contributed by atoms with van der Waals surface area (Å²) >= 11 is 0. The van der Waals surface area contributed by atoms with E-state index in [1.54, 1.807) is 12.1 Å². The molecule has 0 heterocycles. The highest BCUT2D eigenvalue weighted by molar-refractivity contribution is 6.05. The first kappa shape index (κ1) is 13.1. The molecule has 0 aliphatic heterocycles. The highest BCUT2D eigenvalue weighted by Gasteiger charge is 2.10. The molecule has 98 valence electrons. The number of benzene rings is 2. The Balaban J connectivity index is 2.23. The lowest BCUT2D eigenvalue weighted by Gasteiger charge is -2.09. The van der Waals surface area contributed by atoms with Gasteiger partial charge in [-0.2, -0.15) is 0 Å². The lowest BCUT2D eigenvalue weighted by atomic mass is 10.1. The molecule has 0 aromatic heterocycles. The average molecular weight is 258 g/mol. The fourth-order valence-electron chi connectivity index (χ4n) is 1.87. The maximum atomic E-state index is 13.3. The predicted octanol–water partition coefficient (Wildman–Crippen LogP) is 3.28. The number of hydrogen-bond acceptors (Lipinski definition) is 2. The van der Waals surface area contributed by atoms with Crippen molar-refractivity contribution in [2.45, 2.75) is 13.8 Å². The third kappa shape index (κ3) is 2.91. The quantitative estimate of drug-likeness (QED) is 0.812. The molecule has 0 aliphatic rings. The molecule has 2 aromatic rings. The lowest BCUT2D eigenvalue weighted by Crippen LogP contribution is -2.13. The van der Waals surface area contributed by atoms with Crippen LogP contribution in [0.25, 0.3) is 0 Å². The van der Waals surface area contributed by atoms with E-state index < -0.39 is 5.82 Å². The van der Waals surface area contributed by atoms with Gasteiger partial charge in [0.1, 0.15) is 5.82 Å². The first-order valence-electron chi connectivity index (χ1n) is 5.91. The molecule has 2 aromatic carbocycles. The van der Waals surface area contributed by atoms with Crippen molar-refractivity contribution in [3.05, 3.63) is 58.9 Å². The van der Waals surface area contributed by atoms with Gasteiger partial charge >= 0.3 is 0 Å². The van der Waals surface area contributed by atoms with Crippen LogP contribution in [0.3, 0.4) is 0 Å². The number of amides is 1. The van der Waals surface area contributed by atoms with Crippen LogP contribution < -0.4 is 11.1 Å². The van der Waals surface area contributed by atoms with Crippen LogP contribution in [-0.4, -0.2) is 5.91 Å². The normalized spacial score (nSPS) is 10.3. The van der Waals surface area contributed by atoms with Gasteiger partial charge in [-0.3, -0.25) is 4.79 Å². The van der Waals surface area contributed by atoms with E-state index in [0.29, 0.717) is 11.3 Å². The van der Waals surface area contributed by atoms with Crippen LogP contribution in [0, 0.1) is 19.7 Å². The molecule has 0 unspecified atom stereocenters. The van der Waals surface area contributed by atoms with Crippen LogP contribution in [0.15, 0.2) is 36.4 Å². The molecule has 19 heavy (non-hydrogen) atoms. The van der Waals surface area contributed by atoms with Crippen LogP contribution in [0.4, 0.5) is 15.8 Å². The first-order valence-corrected chi connectivity index (χ1v) is 5.91. The van der Waals surface area contributed by atoms with Crippen LogP contribution in [0.1, 0.15) is 21.5 Å². The van der Waals surface area contributed by atoms with Gasteiger partial charge in [-0.1, -0.05) is 17.7 Å². The summed E-state index contributed by atoms with van der Waals surface area (Å²) in [5, 5.41) is 2.65. The minimum Gasteiger partial charge on any atom is -0.396 e. The van der Waals surface area contributed by atoms with E-state index in [1.807, 2.05) is 26.0 Å². The average Bonchev–Trinajstić information content (AvgIpc) is 2.33. The van der Waals surface area contributed by atoms with E-state index >= 15 is 0 Å². The maximum absolute atomic E-state index is 13.3. The molecule has 1 amide bonds. The van der Waals surface area contributed by atoms with Crippen LogP contribution >= 0.6 is 0 Å². The molecule has 3 nitrogen and oxygen atoms in total. The van der Waals surface area contributed by atoms with Gasteiger partial charge in [0.05, 0.1) is 5.69 Å². The van der Waals surface area contributed by atoms with E-state index in [0.717, 1.165) is 11.1 Å². The van der Waals surface area contributed by atoms with Crippen LogP contribution in [0.2, 0.25) is 0 Å². The van der Waals surface area contributed by atoms with E-state index in [9.17, 15) is 9.18 Å². The molecule has 0 atom stereocenters. The first-order chi connectivity index (χ1) is 8.97. The fourth-order valence-corrected chi connectivity index (χ4v) is 1.87. The van der Waals surface area contributed by atoms with Crippen LogP contribution in [0.5, 0.6) is 0 Å². The molecule has 0 fully saturated rings. The molecule has 0 spiro atoms. The zero-order chi connectivity index (χ0) is 14.0. The number of anilines is 2. The van der Waals surface area contributed by atoms with Gasteiger partial charge < -0.3 is 11.1 Å². The second-order valence-electron chi connectivity index (χ2n) is 4.51. The molecule has 2 rings (SSSR count). The molecule has 3 N–H and O–H groups in total. The van der Waals surface area contributed by atoms with Crippen molar-refractivity contribution in [2.24, 2.45) is 0 Å². The maximum Gasteiger partial charge on any atom is 0.255 e.